The number of amides is 1. The van der Waals surface area contributed by atoms with Gasteiger partial charge in [-0.2, -0.15) is 0 Å². The number of aryl methyl sites for hydroxylation is 1. The van der Waals surface area contributed by atoms with Gasteiger partial charge < -0.3 is 10.1 Å². The number of nitrogens with one attached hydrogen (secondary N) is 1. The van der Waals surface area contributed by atoms with Gasteiger partial charge in [0.1, 0.15) is 23.7 Å². The maximum Gasteiger partial charge on any atom is 0.257 e. The molecule has 0 unspecified atom stereocenters. The molecule has 1 N–H and O–H groups in total. The van der Waals surface area contributed by atoms with E-state index in [0.29, 0.717) is 11.6 Å². The minimum Gasteiger partial charge on any atom is -0.454 e. The highest BCUT2D eigenvalue weighted by Gasteiger charge is 2.11. The summed E-state index contributed by atoms with van der Waals surface area (Å²) in [4.78, 5) is 24.1. The Morgan fingerprint density at radius 1 is 1.16 bits per heavy atom. The monoisotopic (exact) mass is 338 g/mol. The van der Waals surface area contributed by atoms with Gasteiger partial charge in [-0.25, -0.2) is 19.3 Å². The molecule has 0 saturated heterocycles. The summed E-state index contributed by atoms with van der Waals surface area (Å²) in [5.74, 6) is -0.135. The Hall–Kier alpha value is -3.35. The number of pyridine rings is 1. The molecule has 0 radical (unpaired) electrons. The first-order chi connectivity index (χ1) is 12.1. The Morgan fingerprint density at radius 2 is 1.96 bits per heavy atom. The number of carbonyl (C=O) groups is 1. The molecule has 0 fully saturated rings. The molecule has 0 atom stereocenters. The molecule has 7 heteroatoms. The van der Waals surface area contributed by atoms with Crippen molar-refractivity contribution in [2.75, 3.05) is 5.32 Å². The molecule has 2 aromatic heterocycles. The summed E-state index contributed by atoms with van der Waals surface area (Å²) in [5, 5.41) is 2.65. The van der Waals surface area contributed by atoms with Crippen molar-refractivity contribution in [2.24, 2.45) is 0 Å². The zero-order valence-corrected chi connectivity index (χ0v) is 13.4. The molecule has 0 aliphatic carbocycles. The number of hydrogen-bond donors (Lipinski definition) is 1. The Balaban J connectivity index is 1.80. The lowest BCUT2D eigenvalue weighted by Crippen LogP contribution is -2.13. The fourth-order valence-electron chi connectivity index (χ4n) is 2.18. The van der Waals surface area contributed by atoms with Gasteiger partial charge in [0.25, 0.3) is 5.91 Å². The van der Waals surface area contributed by atoms with Crippen LogP contribution in [0.25, 0.3) is 0 Å². The molecule has 2 heterocycles. The largest absolute Gasteiger partial charge is 0.454 e. The number of rotatable bonds is 5. The van der Waals surface area contributed by atoms with Crippen molar-refractivity contribution >= 4 is 11.7 Å². The maximum atomic E-state index is 13.8. The number of halogens is 1. The SMILES string of the molecule is CCc1ccnc(NC(=O)c2cc(F)cc(Oc3cncnc3)c2)c1. The van der Waals surface area contributed by atoms with Crippen molar-refractivity contribution in [1.29, 1.82) is 0 Å². The first kappa shape index (κ1) is 16.5. The molecule has 1 aromatic carbocycles. The van der Waals surface area contributed by atoms with E-state index in [-0.39, 0.29) is 11.3 Å². The zero-order chi connectivity index (χ0) is 17.6. The molecular weight excluding hydrogens is 323 g/mol. The van der Waals surface area contributed by atoms with Gasteiger partial charge >= 0.3 is 0 Å². The van der Waals surface area contributed by atoms with Crippen LogP contribution in [0, 0.1) is 5.82 Å². The van der Waals surface area contributed by atoms with Gasteiger partial charge in [0.2, 0.25) is 0 Å². The number of carbonyl (C=O) groups excluding carboxylic acids is 1. The van der Waals surface area contributed by atoms with Gasteiger partial charge in [0.05, 0.1) is 12.4 Å². The van der Waals surface area contributed by atoms with Gasteiger partial charge in [-0.15, -0.1) is 0 Å². The Bertz CT molecular complexity index is 887. The summed E-state index contributed by atoms with van der Waals surface area (Å²) >= 11 is 0. The van der Waals surface area contributed by atoms with Crippen LogP contribution >= 0.6 is 0 Å². The number of aromatic nitrogens is 3. The van der Waals surface area contributed by atoms with Crippen LogP contribution in [0.5, 0.6) is 11.5 Å². The Labute approximate surface area is 143 Å². The molecular formula is C18H15FN4O2. The van der Waals surface area contributed by atoms with E-state index < -0.39 is 11.7 Å². The second-order valence-electron chi connectivity index (χ2n) is 5.21. The summed E-state index contributed by atoms with van der Waals surface area (Å²) in [6, 6.07) is 7.39. The normalized spacial score (nSPS) is 10.3. The van der Waals surface area contributed by atoms with E-state index >= 15 is 0 Å². The maximum absolute atomic E-state index is 13.8. The third-order valence-corrected chi connectivity index (χ3v) is 3.38. The van der Waals surface area contributed by atoms with Gasteiger partial charge in [0, 0.05) is 17.8 Å². The van der Waals surface area contributed by atoms with Crippen LogP contribution in [0.3, 0.4) is 0 Å². The van der Waals surface area contributed by atoms with Crippen LogP contribution < -0.4 is 10.1 Å². The second-order valence-corrected chi connectivity index (χ2v) is 5.21. The van der Waals surface area contributed by atoms with Crippen molar-refractivity contribution in [2.45, 2.75) is 13.3 Å². The molecule has 3 aromatic rings. The highest BCUT2D eigenvalue weighted by molar-refractivity contribution is 6.04. The minimum atomic E-state index is -0.588. The molecule has 126 valence electrons. The summed E-state index contributed by atoms with van der Waals surface area (Å²) in [6.07, 6.45) is 6.68. The first-order valence-electron chi connectivity index (χ1n) is 7.64. The van der Waals surface area contributed by atoms with Crippen molar-refractivity contribution in [3.8, 4) is 11.5 Å². The molecule has 1 amide bonds. The zero-order valence-electron chi connectivity index (χ0n) is 13.4. The number of hydrogen-bond acceptors (Lipinski definition) is 5. The quantitative estimate of drug-likeness (QED) is 0.769. The minimum absolute atomic E-state index is 0.121. The number of nitrogens with zero attached hydrogens (tertiary/aromatic N) is 3. The van der Waals surface area contributed by atoms with Crippen LogP contribution in [0.2, 0.25) is 0 Å². The second kappa shape index (κ2) is 7.48. The fraction of sp³-hybridized carbons (Fsp3) is 0.111. The van der Waals surface area contributed by atoms with Gasteiger partial charge in [-0.05, 0) is 36.2 Å². The number of anilines is 1. The van der Waals surface area contributed by atoms with Crippen molar-refractivity contribution in [3.05, 3.63) is 72.2 Å². The average Bonchev–Trinajstić information content (AvgIpc) is 2.62. The topological polar surface area (TPSA) is 77.0 Å². The number of ether oxygens (including phenoxy) is 1. The van der Waals surface area contributed by atoms with E-state index in [9.17, 15) is 9.18 Å². The fourth-order valence-corrected chi connectivity index (χ4v) is 2.18. The lowest BCUT2D eigenvalue weighted by molar-refractivity contribution is 0.102. The van der Waals surface area contributed by atoms with E-state index in [1.165, 1.54) is 30.9 Å². The predicted molar refractivity (Wildman–Crippen MR) is 90.1 cm³/mol. The van der Waals surface area contributed by atoms with Crippen molar-refractivity contribution in [3.63, 3.8) is 0 Å². The van der Waals surface area contributed by atoms with Crippen LogP contribution in [0.15, 0.2) is 55.2 Å². The molecule has 0 saturated carbocycles. The van der Waals surface area contributed by atoms with Crippen LogP contribution in [0.1, 0.15) is 22.8 Å². The molecule has 0 aliphatic rings. The lowest BCUT2D eigenvalue weighted by Gasteiger charge is -2.09. The van der Waals surface area contributed by atoms with E-state index in [0.717, 1.165) is 18.1 Å². The first-order valence-corrected chi connectivity index (χ1v) is 7.64. The molecule has 0 aliphatic heterocycles. The third-order valence-electron chi connectivity index (χ3n) is 3.38. The summed E-state index contributed by atoms with van der Waals surface area (Å²) < 4.78 is 19.3. The molecule has 0 spiro atoms. The van der Waals surface area contributed by atoms with Gasteiger partial charge in [0.15, 0.2) is 5.75 Å². The van der Waals surface area contributed by atoms with Gasteiger partial charge in [-0.1, -0.05) is 6.92 Å². The third kappa shape index (κ3) is 4.35. The van der Waals surface area contributed by atoms with Crippen molar-refractivity contribution < 1.29 is 13.9 Å². The van der Waals surface area contributed by atoms with Crippen LogP contribution in [0.4, 0.5) is 10.2 Å². The summed E-state index contributed by atoms with van der Waals surface area (Å²) in [7, 11) is 0. The summed E-state index contributed by atoms with van der Waals surface area (Å²) in [5.41, 5.74) is 1.16. The van der Waals surface area contributed by atoms with E-state index in [1.807, 2.05) is 13.0 Å². The van der Waals surface area contributed by atoms with E-state index in [2.05, 4.69) is 20.3 Å². The Kier molecular flexibility index (Phi) is 4.94. The van der Waals surface area contributed by atoms with Crippen LogP contribution in [-0.2, 0) is 6.42 Å². The predicted octanol–water partition coefficient (Wildman–Crippen LogP) is 3.62. The molecule has 0 bridgehead atoms. The Morgan fingerprint density at radius 3 is 2.72 bits per heavy atom. The van der Waals surface area contributed by atoms with Crippen molar-refractivity contribution in [1.82, 2.24) is 15.0 Å². The highest BCUT2D eigenvalue weighted by Crippen LogP contribution is 2.23. The number of benzene rings is 1. The highest BCUT2D eigenvalue weighted by atomic mass is 19.1. The van der Waals surface area contributed by atoms with Gasteiger partial charge in [-0.3, -0.25) is 4.79 Å². The molecule has 6 nitrogen and oxygen atoms in total. The van der Waals surface area contributed by atoms with Crippen LogP contribution in [-0.4, -0.2) is 20.9 Å². The molecule has 3 rings (SSSR count). The van der Waals surface area contributed by atoms with E-state index in [4.69, 9.17) is 4.74 Å². The van der Waals surface area contributed by atoms with E-state index in [1.54, 1.807) is 12.3 Å². The summed E-state index contributed by atoms with van der Waals surface area (Å²) in [6.45, 7) is 2.00. The lowest BCUT2D eigenvalue weighted by atomic mass is 10.2. The standard InChI is InChI=1S/C18H15FN4O2/c1-2-12-3-4-22-17(5-12)23-18(24)13-6-14(19)8-15(7-13)25-16-9-20-11-21-10-16/h3-11H,2H2,1H3,(H,22,23,24). The smallest absolute Gasteiger partial charge is 0.257 e. The molecule has 25 heavy (non-hydrogen) atoms. The average molecular weight is 338 g/mol.